The average Bonchev–Trinajstić information content (AvgIpc) is 2.63. The summed E-state index contributed by atoms with van der Waals surface area (Å²) in [6.07, 6.45) is -0.308. The van der Waals surface area contributed by atoms with Crippen LogP contribution < -0.4 is 0 Å². The van der Waals surface area contributed by atoms with E-state index in [9.17, 15) is 34.2 Å². The van der Waals surface area contributed by atoms with Crippen molar-refractivity contribution in [3.63, 3.8) is 0 Å². The van der Waals surface area contributed by atoms with E-state index in [-0.39, 0.29) is 12.2 Å². The minimum atomic E-state index is -2.48. The van der Waals surface area contributed by atoms with Crippen molar-refractivity contribution in [3.05, 3.63) is 21.8 Å². The number of ether oxygens (including phenoxy) is 1. The number of carbonyl (C=O) groups is 5. The first-order chi connectivity index (χ1) is 12.9. The molecule has 0 aliphatic heterocycles. The highest BCUT2D eigenvalue weighted by molar-refractivity contribution is 14.1. The van der Waals surface area contributed by atoms with E-state index in [1.54, 1.807) is 17.9 Å². The Labute approximate surface area is 177 Å². The van der Waals surface area contributed by atoms with Crippen LogP contribution in [0.3, 0.4) is 0 Å². The molecule has 0 aromatic carbocycles. The molecule has 0 bridgehead atoms. The summed E-state index contributed by atoms with van der Waals surface area (Å²) in [5.41, 5.74) is -1.68. The van der Waals surface area contributed by atoms with Crippen molar-refractivity contribution in [1.29, 1.82) is 0 Å². The zero-order valence-electron chi connectivity index (χ0n) is 16.1. The molecule has 156 valence electrons. The van der Waals surface area contributed by atoms with Crippen molar-refractivity contribution >= 4 is 52.7 Å². The van der Waals surface area contributed by atoms with Crippen molar-refractivity contribution in [1.82, 2.24) is 0 Å². The molecule has 0 fully saturated rings. The predicted molar refractivity (Wildman–Crippen MR) is 109 cm³/mol. The number of halogens is 1. The third-order valence-corrected chi connectivity index (χ3v) is 5.14. The van der Waals surface area contributed by atoms with Gasteiger partial charge in [-0.2, -0.15) is 0 Å². The van der Waals surface area contributed by atoms with Gasteiger partial charge in [0, 0.05) is 19.3 Å². The van der Waals surface area contributed by atoms with E-state index in [0.717, 1.165) is 25.7 Å². The van der Waals surface area contributed by atoms with E-state index in [4.69, 9.17) is 4.74 Å². The number of aliphatic hydroxyl groups excluding tert-OH is 1. The van der Waals surface area contributed by atoms with E-state index in [2.05, 4.69) is 0 Å². The van der Waals surface area contributed by atoms with E-state index < -0.39 is 47.7 Å². The maximum atomic E-state index is 12.3. The van der Waals surface area contributed by atoms with Gasteiger partial charge in [-0.15, -0.1) is 0 Å². The molecule has 0 saturated carbocycles. The molecule has 2 N–H and O–H groups in total. The fourth-order valence-electron chi connectivity index (χ4n) is 2.36. The van der Waals surface area contributed by atoms with Crippen LogP contribution in [0, 0.1) is 11.8 Å². The molecule has 0 amide bonds. The van der Waals surface area contributed by atoms with Gasteiger partial charge in [0.05, 0.1) is 0 Å². The van der Waals surface area contributed by atoms with Crippen LogP contribution in [0.25, 0.3) is 0 Å². The number of aliphatic hydroxyl groups is 2. The zero-order valence-corrected chi connectivity index (χ0v) is 18.3. The van der Waals surface area contributed by atoms with Gasteiger partial charge in [0.2, 0.25) is 11.6 Å². The molecule has 0 aliphatic rings. The van der Waals surface area contributed by atoms with Gasteiger partial charge >= 0.3 is 5.97 Å². The predicted octanol–water partition coefficient (Wildman–Crippen LogP) is 1.10. The summed E-state index contributed by atoms with van der Waals surface area (Å²) in [5.74, 6) is -4.41. The number of carbonyl (C=O) groups excluding carboxylic acids is 5. The molecule has 0 saturated heterocycles. The molecule has 0 heterocycles. The molecule has 0 spiro atoms. The van der Waals surface area contributed by atoms with E-state index in [1.165, 1.54) is 12.2 Å². The Morgan fingerprint density at radius 2 is 1.75 bits per heavy atom. The van der Waals surface area contributed by atoms with Crippen molar-refractivity contribution in [2.24, 2.45) is 11.8 Å². The first-order valence-corrected chi connectivity index (χ1v) is 9.68. The molecule has 28 heavy (non-hydrogen) atoms. The van der Waals surface area contributed by atoms with Crippen molar-refractivity contribution in [2.45, 2.75) is 51.9 Å². The second kappa shape index (κ2) is 12.0. The highest BCUT2D eigenvalue weighted by Crippen LogP contribution is 2.24. The standard InChI is InChI=1S/C19H25IO8/c1-11(14(10-22)12(2)9-20)5-6-16(28-13(3)23)19(4,27)18(26)17(25)15(24)7-8-21/h5-6,8-11,14-16,24,27H,7H2,1-4H3/b6-5?,12-9+. The summed E-state index contributed by atoms with van der Waals surface area (Å²) in [4.78, 5) is 57.4. The Morgan fingerprint density at radius 3 is 2.18 bits per heavy atom. The van der Waals surface area contributed by atoms with Gasteiger partial charge < -0.3 is 24.5 Å². The van der Waals surface area contributed by atoms with E-state index >= 15 is 0 Å². The van der Waals surface area contributed by atoms with Gasteiger partial charge in [0.1, 0.15) is 18.7 Å². The number of aldehydes is 2. The van der Waals surface area contributed by atoms with E-state index in [0.29, 0.717) is 0 Å². The lowest BCUT2D eigenvalue weighted by molar-refractivity contribution is -0.167. The summed E-state index contributed by atoms with van der Waals surface area (Å²) in [6.45, 7) is 5.52. The van der Waals surface area contributed by atoms with Gasteiger partial charge in [-0.25, -0.2) is 0 Å². The third-order valence-electron chi connectivity index (χ3n) is 4.15. The van der Waals surface area contributed by atoms with Gasteiger partial charge in [-0.05, 0) is 29.9 Å². The summed E-state index contributed by atoms with van der Waals surface area (Å²) in [5, 5.41) is 20.1. The highest BCUT2D eigenvalue weighted by atomic mass is 127. The van der Waals surface area contributed by atoms with Crippen LogP contribution >= 0.6 is 22.6 Å². The Bertz CT molecular complexity index is 665. The molecule has 0 aromatic rings. The Hall–Kier alpha value is -1.72. The monoisotopic (exact) mass is 508 g/mol. The van der Waals surface area contributed by atoms with Gasteiger partial charge in [0.25, 0.3) is 0 Å². The minimum Gasteiger partial charge on any atom is -0.455 e. The molecule has 5 unspecified atom stereocenters. The van der Waals surface area contributed by atoms with Crippen LogP contribution in [-0.2, 0) is 28.7 Å². The molecular weight excluding hydrogens is 483 g/mol. The summed E-state index contributed by atoms with van der Waals surface area (Å²) < 4.78 is 6.72. The average molecular weight is 508 g/mol. The van der Waals surface area contributed by atoms with Gasteiger partial charge in [0.15, 0.2) is 11.7 Å². The number of Topliss-reactive ketones (excluding diaryl/α,β-unsaturated/α-hetero) is 2. The largest absolute Gasteiger partial charge is 0.455 e. The number of ketones is 2. The lowest BCUT2D eigenvalue weighted by Gasteiger charge is -2.29. The SMILES string of the molecule is CC(=O)OC(C=CC(C)C(C=O)/C(C)=C/I)C(C)(O)C(=O)C(=O)C(O)CC=O. The lowest BCUT2D eigenvalue weighted by Crippen LogP contribution is -2.53. The zero-order chi connectivity index (χ0) is 22.1. The fourth-order valence-corrected chi connectivity index (χ4v) is 2.78. The Kier molecular flexibility index (Phi) is 11.2. The second-order valence-corrected chi connectivity index (χ2v) is 7.17. The topological polar surface area (TPSA) is 135 Å². The van der Waals surface area contributed by atoms with Crippen LogP contribution in [0.15, 0.2) is 21.8 Å². The van der Waals surface area contributed by atoms with Crippen LogP contribution in [0.1, 0.15) is 34.1 Å². The van der Waals surface area contributed by atoms with Crippen molar-refractivity contribution < 1.29 is 38.9 Å². The van der Waals surface area contributed by atoms with Gasteiger partial charge in [-0.1, -0.05) is 41.2 Å². The smallest absolute Gasteiger partial charge is 0.303 e. The third kappa shape index (κ3) is 7.36. The molecule has 0 rings (SSSR count). The first kappa shape index (κ1) is 26.3. The molecule has 8 nitrogen and oxygen atoms in total. The lowest BCUT2D eigenvalue weighted by atomic mass is 9.86. The number of esters is 1. The first-order valence-electron chi connectivity index (χ1n) is 8.44. The number of hydrogen-bond donors (Lipinski definition) is 2. The molecule has 0 aliphatic carbocycles. The molecule has 5 atom stereocenters. The Morgan fingerprint density at radius 1 is 1.18 bits per heavy atom. The maximum Gasteiger partial charge on any atom is 0.303 e. The normalized spacial score (nSPS) is 18.5. The number of allylic oxidation sites excluding steroid dienone is 2. The molecule has 0 radical (unpaired) electrons. The molecule has 0 aromatic heterocycles. The second-order valence-electron chi connectivity index (χ2n) is 6.55. The molecular formula is C19H25IO8. The van der Waals surface area contributed by atoms with Crippen LogP contribution in [0.4, 0.5) is 0 Å². The summed E-state index contributed by atoms with van der Waals surface area (Å²) in [6, 6.07) is 0. The Balaban J connectivity index is 5.74. The van der Waals surface area contributed by atoms with Crippen LogP contribution in [0.5, 0.6) is 0 Å². The summed E-state index contributed by atoms with van der Waals surface area (Å²) in [7, 11) is 0. The minimum absolute atomic E-state index is 0.262. The summed E-state index contributed by atoms with van der Waals surface area (Å²) >= 11 is 2.00. The number of hydrogen-bond acceptors (Lipinski definition) is 8. The fraction of sp³-hybridized carbons (Fsp3) is 0.526. The van der Waals surface area contributed by atoms with Gasteiger partial charge in [-0.3, -0.25) is 14.4 Å². The van der Waals surface area contributed by atoms with Crippen molar-refractivity contribution in [3.8, 4) is 0 Å². The van der Waals surface area contributed by atoms with E-state index in [1.807, 2.05) is 22.6 Å². The maximum absolute atomic E-state index is 12.3. The quantitative estimate of drug-likeness (QED) is 0.132. The van der Waals surface area contributed by atoms with Crippen LogP contribution in [-0.4, -0.2) is 58.1 Å². The van der Waals surface area contributed by atoms with Crippen LogP contribution in [0.2, 0.25) is 0 Å². The highest BCUT2D eigenvalue weighted by Gasteiger charge is 2.45. The van der Waals surface area contributed by atoms with Crippen molar-refractivity contribution in [2.75, 3.05) is 0 Å². The molecule has 9 heteroatoms. The number of rotatable bonds is 12.